The second-order valence-electron chi connectivity index (χ2n) is 6.74. The van der Waals surface area contributed by atoms with E-state index in [9.17, 15) is 9.59 Å². The first-order valence-corrected chi connectivity index (χ1v) is 9.23. The lowest BCUT2D eigenvalue weighted by Gasteiger charge is -2.10. The number of hydrogen-bond acceptors (Lipinski definition) is 3. The van der Waals surface area contributed by atoms with Crippen LogP contribution in [0.4, 0.5) is 11.4 Å². The summed E-state index contributed by atoms with van der Waals surface area (Å²) >= 11 is 0. The molecule has 5 nitrogen and oxygen atoms in total. The van der Waals surface area contributed by atoms with Crippen LogP contribution in [0.25, 0.3) is 10.9 Å². The molecule has 3 aromatic carbocycles. The molecule has 1 aromatic heterocycles. The molecule has 4 rings (SSSR count). The summed E-state index contributed by atoms with van der Waals surface area (Å²) in [6, 6.07) is 23.6. The topological polar surface area (TPSA) is 71.1 Å². The van der Waals surface area contributed by atoms with Crippen molar-refractivity contribution < 1.29 is 9.59 Å². The highest BCUT2D eigenvalue weighted by Gasteiger charge is 2.12. The van der Waals surface area contributed by atoms with Crippen LogP contribution in [-0.4, -0.2) is 16.8 Å². The first kappa shape index (κ1) is 18.4. The van der Waals surface area contributed by atoms with Crippen molar-refractivity contribution in [1.29, 1.82) is 0 Å². The third-order valence-electron chi connectivity index (χ3n) is 4.54. The van der Waals surface area contributed by atoms with Crippen LogP contribution in [-0.2, 0) is 0 Å². The van der Waals surface area contributed by atoms with Crippen molar-refractivity contribution in [3.63, 3.8) is 0 Å². The predicted octanol–water partition coefficient (Wildman–Crippen LogP) is 5.05. The highest BCUT2D eigenvalue weighted by molar-refractivity contribution is 6.10. The monoisotopic (exact) mass is 381 g/mol. The van der Waals surface area contributed by atoms with E-state index in [1.807, 2.05) is 61.5 Å². The molecular weight excluding hydrogens is 362 g/mol. The number of aryl methyl sites for hydroxylation is 1. The van der Waals surface area contributed by atoms with Crippen molar-refractivity contribution >= 4 is 34.1 Å². The number of fused-ring (bicyclic) bond motifs is 1. The van der Waals surface area contributed by atoms with E-state index in [0.29, 0.717) is 22.5 Å². The minimum atomic E-state index is -0.298. The van der Waals surface area contributed by atoms with Gasteiger partial charge in [0.1, 0.15) is 0 Å². The number of anilines is 2. The predicted molar refractivity (Wildman–Crippen MR) is 115 cm³/mol. The summed E-state index contributed by atoms with van der Waals surface area (Å²) in [4.78, 5) is 29.7. The van der Waals surface area contributed by atoms with Crippen molar-refractivity contribution in [3.8, 4) is 0 Å². The zero-order chi connectivity index (χ0) is 20.2. The molecule has 1 heterocycles. The molecule has 0 bridgehead atoms. The minimum absolute atomic E-state index is 0.267. The number of carbonyl (C=O) groups is 2. The Kier molecular flexibility index (Phi) is 5.03. The van der Waals surface area contributed by atoms with Gasteiger partial charge in [-0.15, -0.1) is 0 Å². The van der Waals surface area contributed by atoms with Crippen molar-refractivity contribution in [3.05, 3.63) is 102 Å². The Morgan fingerprint density at radius 1 is 0.759 bits per heavy atom. The molecule has 0 atom stereocenters. The molecule has 142 valence electrons. The number of nitrogens with zero attached hydrogens (tertiary/aromatic N) is 1. The number of carbonyl (C=O) groups excluding carboxylic acids is 2. The molecule has 29 heavy (non-hydrogen) atoms. The van der Waals surface area contributed by atoms with Crippen LogP contribution in [0.2, 0.25) is 0 Å². The van der Waals surface area contributed by atoms with E-state index >= 15 is 0 Å². The first-order valence-electron chi connectivity index (χ1n) is 9.23. The van der Waals surface area contributed by atoms with Gasteiger partial charge in [0, 0.05) is 28.4 Å². The van der Waals surface area contributed by atoms with Gasteiger partial charge in [0.05, 0.1) is 11.2 Å². The number of benzene rings is 3. The summed E-state index contributed by atoms with van der Waals surface area (Å²) in [5.41, 5.74) is 3.93. The lowest BCUT2D eigenvalue weighted by molar-refractivity contribution is 0.102. The van der Waals surface area contributed by atoms with Crippen molar-refractivity contribution in [2.24, 2.45) is 0 Å². The van der Waals surface area contributed by atoms with Gasteiger partial charge in [0.25, 0.3) is 11.8 Å². The Labute approximate surface area is 168 Å². The Morgan fingerprint density at radius 3 is 2.24 bits per heavy atom. The summed E-state index contributed by atoms with van der Waals surface area (Å²) in [7, 11) is 0. The summed E-state index contributed by atoms with van der Waals surface area (Å²) in [6.07, 6.45) is 1.69. The van der Waals surface area contributed by atoms with Gasteiger partial charge < -0.3 is 10.6 Å². The van der Waals surface area contributed by atoms with Crippen LogP contribution in [0.1, 0.15) is 26.3 Å². The maximum Gasteiger partial charge on any atom is 0.255 e. The van der Waals surface area contributed by atoms with Gasteiger partial charge in [-0.25, -0.2) is 0 Å². The Balaban J connectivity index is 1.55. The van der Waals surface area contributed by atoms with Gasteiger partial charge >= 0.3 is 0 Å². The number of pyridine rings is 1. The van der Waals surface area contributed by atoms with Crippen LogP contribution in [0.5, 0.6) is 0 Å². The standard InChI is InChI=1S/C24H19N3O2/c1-16-6-2-11-20(14-16)26-23(28)18-8-3-9-19(15-18)24(29)27-21-12-4-7-17-10-5-13-25-22(17)21/h2-15H,1H3,(H,26,28)(H,27,29). The lowest BCUT2D eigenvalue weighted by Crippen LogP contribution is -2.15. The Bertz CT molecular complexity index is 1210. The SMILES string of the molecule is Cc1cccc(NC(=O)c2cccc(C(=O)Nc3cccc4cccnc34)c2)c1. The largest absolute Gasteiger partial charge is 0.322 e. The van der Waals surface area contributed by atoms with Crippen molar-refractivity contribution in [2.75, 3.05) is 10.6 Å². The molecule has 2 amide bonds. The molecule has 0 fully saturated rings. The lowest BCUT2D eigenvalue weighted by atomic mass is 10.1. The fourth-order valence-electron chi connectivity index (χ4n) is 3.13. The summed E-state index contributed by atoms with van der Waals surface area (Å²) in [6.45, 7) is 1.96. The van der Waals surface area contributed by atoms with Crippen LogP contribution in [0, 0.1) is 6.92 Å². The third kappa shape index (κ3) is 4.14. The normalized spacial score (nSPS) is 10.5. The van der Waals surface area contributed by atoms with Gasteiger partial charge in [0.2, 0.25) is 0 Å². The molecule has 0 saturated carbocycles. The van der Waals surface area contributed by atoms with Gasteiger partial charge in [-0.3, -0.25) is 14.6 Å². The van der Waals surface area contributed by atoms with E-state index in [4.69, 9.17) is 0 Å². The second kappa shape index (κ2) is 7.94. The molecule has 2 N–H and O–H groups in total. The number of rotatable bonds is 4. The molecular formula is C24H19N3O2. The van der Waals surface area contributed by atoms with Crippen LogP contribution in [0.3, 0.4) is 0 Å². The molecule has 4 aromatic rings. The molecule has 0 radical (unpaired) electrons. The van der Waals surface area contributed by atoms with E-state index in [1.54, 1.807) is 30.5 Å². The Morgan fingerprint density at radius 2 is 1.45 bits per heavy atom. The zero-order valence-corrected chi connectivity index (χ0v) is 15.8. The highest BCUT2D eigenvalue weighted by Crippen LogP contribution is 2.21. The summed E-state index contributed by atoms with van der Waals surface area (Å²) < 4.78 is 0. The van der Waals surface area contributed by atoms with E-state index in [-0.39, 0.29) is 11.8 Å². The fourth-order valence-corrected chi connectivity index (χ4v) is 3.13. The van der Waals surface area contributed by atoms with E-state index in [1.165, 1.54) is 0 Å². The van der Waals surface area contributed by atoms with E-state index in [0.717, 1.165) is 16.5 Å². The number of nitrogens with one attached hydrogen (secondary N) is 2. The van der Waals surface area contributed by atoms with Crippen LogP contribution >= 0.6 is 0 Å². The van der Waals surface area contributed by atoms with E-state index in [2.05, 4.69) is 15.6 Å². The van der Waals surface area contributed by atoms with Gasteiger partial charge in [-0.1, -0.05) is 36.4 Å². The second-order valence-corrected chi connectivity index (χ2v) is 6.74. The maximum absolute atomic E-state index is 12.8. The average molecular weight is 381 g/mol. The van der Waals surface area contributed by atoms with Crippen LogP contribution in [0.15, 0.2) is 85.1 Å². The molecule has 0 saturated heterocycles. The zero-order valence-electron chi connectivity index (χ0n) is 15.8. The first-order chi connectivity index (χ1) is 14.1. The maximum atomic E-state index is 12.8. The number of aromatic nitrogens is 1. The minimum Gasteiger partial charge on any atom is -0.322 e. The Hall–Kier alpha value is -3.99. The number of amides is 2. The molecule has 0 unspecified atom stereocenters. The molecule has 0 aliphatic carbocycles. The van der Waals surface area contributed by atoms with Gasteiger partial charge in [-0.2, -0.15) is 0 Å². The highest BCUT2D eigenvalue weighted by atomic mass is 16.2. The molecule has 0 spiro atoms. The van der Waals surface area contributed by atoms with E-state index < -0.39 is 0 Å². The quantitative estimate of drug-likeness (QED) is 0.520. The number of hydrogen-bond donors (Lipinski definition) is 2. The van der Waals surface area contributed by atoms with Crippen molar-refractivity contribution in [2.45, 2.75) is 6.92 Å². The average Bonchev–Trinajstić information content (AvgIpc) is 2.74. The third-order valence-corrected chi connectivity index (χ3v) is 4.54. The smallest absolute Gasteiger partial charge is 0.255 e. The van der Waals surface area contributed by atoms with Crippen molar-refractivity contribution in [1.82, 2.24) is 4.98 Å². The summed E-state index contributed by atoms with van der Waals surface area (Å²) in [5, 5.41) is 6.69. The molecule has 5 heteroatoms. The van der Waals surface area contributed by atoms with Crippen LogP contribution < -0.4 is 10.6 Å². The number of para-hydroxylation sites is 1. The molecule has 0 aliphatic heterocycles. The van der Waals surface area contributed by atoms with Gasteiger partial charge in [0.15, 0.2) is 0 Å². The van der Waals surface area contributed by atoms with Gasteiger partial charge in [-0.05, 0) is 55.0 Å². The molecule has 0 aliphatic rings. The fraction of sp³-hybridized carbons (Fsp3) is 0.0417. The summed E-state index contributed by atoms with van der Waals surface area (Å²) in [5.74, 6) is -0.564.